The number of benzene rings is 2. The van der Waals surface area contributed by atoms with E-state index in [0.29, 0.717) is 18.4 Å². The van der Waals surface area contributed by atoms with Crippen molar-refractivity contribution in [3.05, 3.63) is 53.6 Å². The monoisotopic (exact) mass is 587 g/mol. The molecule has 7 nitrogen and oxygen atoms in total. The van der Waals surface area contributed by atoms with Crippen molar-refractivity contribution in [2.75, 3.05) is 6.26 Å². The SMILES string of the molecule is CC(C)([C@H]1C[C@H](NC(=O)c2ccc(C(F)(F)F)cc2S(C)(=O)=O)C1)S(=O)(=O)c1cccc(OC(F)(F)F)c1. The Labute approximate surface area is 215 Å². The Hall–Kier alpha value is -2.81. The summed E-state index contributed by atoms with van der Waals surface area (Å²) in [6.07, 6.45) is -8.94. The van der Waals surface area contributed by atoms with Crippen molar-refractivity contribution in [3.8, 4) is 5.75 Å². The fourth-order valence-electron chi connectivity index (χ4n) is 4.12. The van der Waals surface area contributed by atoms with Crippen molar-refractivity contribution in [1.29, 1.82) is 0 Å². The molecule has 1 saturated carbocycles. The number of ether oxygens (including phenoxy) is 1. The molecule has 38 heavy (non-hydrogen) atoms. The Morgan fingerprint density at radius 3 is 2.08 bits per heavy atom. The summed E-state index contributed by atoms with van der Waals surface area (Å²) >= 11 is 0. The Bertz CT molecular complexity index is 1440. The summed E-state index contributed by atoms with van der Waals surface area (Å²) in [7, 11) is -8.38. The van der Waals surface area contributed by atoms with Gasteiger partial charge in [-0.1, -0.05) is 6.07 Å². The summed E-state index contributed by atoms with van der Waals surface area (Å²) in [5.74, 6) is -2.20. The van der Waals surface area contributed by atoms with Crippen LogP contribution in [0.5, 0.6) is 5.75 Å². The Balaban J connectivity index is 1.75. The number of sulfone groups is 2. The maximum absolute atomic E-state index is 13.2. The van der Waals surface area contributed by atoms with Gasteiger partial charge in [-0.05, 0) is 69.0 Å². The molecule has 0 unspecified atom stereocenters. The third-order valence-corrected chi connectivity index (χ3v) is 10.2. The quantitative estimate of drug-likeness (QED) is 0.468. The third-order valence-electron chi connectivity index (χ3n) is 6.45. The molecule has 0 aromatic heterocycles. The first kappa shape index (κ1) is 29.7. The topological polar surface area (TPSA) is 107 Å². The second-order valence-corrected chi connectivity index (χ2v) is 14.0. The van der Waals surface area contributed by atoms with Crippen LogP contribution < -0.4 is 10.1 Å². The normalized spacial score (nSPS) is 19.0. The van der Waals surface area contributed by atoms with Crippen molar-refractivity contribution >= 4 is 25.6 Å². The van der Waals surface area contributed by atoms with E-state index in [0.717, 1.165) is 30.3 Å². The molecule has 2 aromatic rings. The molecule has 210 valence electrons. The zero-order chi connectivity index (χ0) is 28.9. The highest BCUT2D eigenvalue weighted by molar-refractivity contribution is 7.92. The first-order chi connectivity index (χ1) is 17.1. The van der Waals surface area contributed by atoms with E-state index < -0.39 is 76.6 Å². The zero-order valence-electron chi connectivity index (χ0n) is 20.1. The lowest BCUT2D eigenvalue weighted by molar-refractivity contribution is -0.274. The van der Waals surface area contributed by atoms with Crippen LogP contribution in [0.1, 0.15) is 42.6 Å². The Morgan fingerprint density at radius 2 is 1.55 bits per heavy atom. The highest BCUT2D eigenvalue weighted by Crippen LogP contribution is 2.44. The minimum absolute atomic E-state index is 0.117. The smallest absolute Gasteiger partial charge is 0.406 e. The number of rotatable bonds is 7. The Kier molecular flexibility index (Phi) is 7.62. The lowest BCUT2D eigenvalue weighted by Gasteiger charge is -2.45. The standard InChI is InChI=1S/C23H23F6NO6S2/c1-21(2,38(34,35)17-6-4-5-16(12-17)36-23(27,28)29)14-9-15(10-14)30-20(31)18-8-7-13(22(24,25)26)11-19(18)37(3,32)33/h4-8,11-12,14-15H,9-10H2,1-3H3,(H,30,31)/t14-,15-. The van der Waals surface area contributed by atoms with E-state index in [2.05, 4.69) is 10.1 Å². The van der Waals surface area contributed by atoms with E-state index in [1.54, 1.807) is 0 Å². The van der Waals surface area contributed by atoms with Gasteiger partial charge in [-0.15, -0.1) is 13.2 Å². The maximum Gasteiger partial charge on any atom is 0.573 e. The van der Waals surface area contributed by atoms with E-state index in [-0.39, 0.29) is 17.7 Å². The molecule has 0 spiro atoms. The molecular formula is C23H23F6NO6S2. The summed E-state index contributed by atoms with van der Waals surface area (Å²) in [5.41, 5.74) is -1.73. The van der Waals surface area contributed by atoms with E-state index in [1.165, 1.54) is 13.8 Å². The van der Waals surface area contributed by atoms with Crippen molar-refractivity contribution in [1.82, 2.24) is 5.32 Å². The predicted octanol–water partition coefficient (Wildman–Crippen LogP) is 4.77. The summed E-state index contributed by atoms with van der Waals surface area (Å²) in [6, 6.07) is 5.07. The molecule has 0 bridgehead atoms. The number of hydrogen-bond donors (Lipinski definition) is 1. The lowest BCUT2D eigenvalue weighted by atomic mass is 9.73. The molecule has 0 aliphatic heterocycles. The predicted molar refractivity (Wildman–Crippen MR) is 123 cm³/mol. The van der Waals surface area contributed by atoms with Gasteiger partial charge in [-0.2, -0.15) is 13.2 Å². The highest BCUT2D eigenvalue weighted by Gasteiger charge is 2.49. The van der Waals surface area contributed by atoms with Crippen LogP contribution in [0.4, 0.5) is 26.3 Å². The average molecular weight is 588 g/mol. The second kappa shape index (κ2) is 9.74. The summed E-state index contributed by atoms with van der Waals surface area (Å²) in [5, 5.41) is 2.51. The number of carbonyl (C=O) groups is 1. The number of halogens is 6. The van der Waals surface area contributed by atoms with Gasteiger partial charge in [0.05, 0.1) is 25.7 Å². The number of hydrogen-bond acceptors (Lipinski definition) is 6. The molecule has 0 atom stereocenters. The lowest BCUT2D eigenvalue weighted by Crippen LogP contribution is -2.53. The Morgan fingerprint density at radius 1 is 0.947 bits per heavy atom. The van der Waals surface area contributed by atoms with Gasteiger partial charge < -0.3 is 10.1 Å². The van der Waals surface area contributed by atoms with Gasteiger partial charge in [0.2, 0.25) is 0 Å². The van der Waals surface area contributed by atoms with Crippen molar-refractivity contribution < 1.29 is 52.7 Å². The minimum atomic E-state index is -5.01. The fraction of sp³-hybridized carbons (Fsp3) is 0.435. The highest BCUT2D eigenvalue weighted by atomic mass is 32.2. The molecule has 1 amide bonds. The molecular weight excluding hydrogens is 564 g/mol. The molecule has 1 aliphatic rings. The van der Waals surface area contributed by atoms with Gasteiger partial charge >= 0.3 is 12.5 Å². The fourth-order valence-corrected chi connectivity index (χ4v) is 6.79. The second-order valence-electron chi connectivity index (χ2n) is 9.45. The van der Waals surface area contributed by atoms with E-state index in [4.69, 9.17) is 0 Å². The zero-order valence-corrected chi connectivity index (χ0v) is 21.8. The number of carbonyl (C=O) groups excluding carboxylic acids is 1. The molecule has 1 aliphatic carbocycles. The van der Waals surface area contributed by atoms with E-state index >= 15 is 0 Å². The minimum Gasteiger partial charge on any atom is -0.406 e. The molecule has 0 saturated heterocycles. The van der Waals surface area contributed by atoms with E-state index in [1.807, 2.05) is 0 Å². The van der Waals surface area contributed by atoms with Crippen molar-refractivity contribution in [3.63, 3.8) is 0 Å². The van der Waals surface area contributed by atoms with Crippen LogP contribution in [0.3, 0.4) is 0 Å². The largest absolute Gasteiger partial charge is 0.573 e. The molecule has 2 aromatic carbocycles. The molecule has 15 heteroatoms. The van der Waals surface area contributed by atoms with E-state index in [9.17, 15) is 48.0 Å². The van der Waals surface area contributed by atoms with Crippen molar-refractivity contribution in [2.45, 2.75) is 59.8 Å². The molecule has 1 fully saturated rings. The molecule has 0 radical (unpaired) electrons. The number of amides is 1. The maximum atomic E-state index is 13.2. The van der Waals surface area contributed by atoms with Crippen LogP contribution in [0.2, 0.25) is 0 Å². The first-order valence-electron chi connectivity index (χ1n) is 11.0. The van der Waals surface area contributed by atoms with Gasteiger partial charge in [-0.3, -0.25) is 4.79 Å². The number of nitrogens with one attached hydrogen (secondary N) is 1. The summed E-state index contributed by atoms with van der Waals surface area (Å²) < 4.78 is 130. The summed E-state index contributed by atoms with van der Waals surface area (Å²) in [6.45, 7) is 2.78. The van der Waals surface area contributed by atoms with Gasteiger partial charge in [-0.25, -0.2) is 16.8 Å². The van der Waals surface area contributed by atoms with Crippen LogP contribution in [-0.2, 0) is 25.9 Å². The van der Waals surface area contributed by atoms with Gasteiger partial charge in [0.1, 0.15) is 5.75 Å². The number of alkyl halides is 6. The summed E-state index contributed by atoms with van der Waals surface area (Å²) in [4.78, 5) is 11.5. The van der Waals surface area contributed by atoms with Gasteiger partial charge in [0, 0.05) is 12.3 Å². The van der Waals surface area contributed by atoms with Crippen LogP contribution in [0.25, 0.3) is 0 Å². The van der Waals surface area contributed by atoms with Crippen LogP contribution in [0, 0.1) is 5.92 Å². The van der Waals surface area contributed by atoms with Crippen LogP contribution in [-0.4, -0.2) is 46.1 Å². The van der Waals surface area contributed by atoms with Crippen LogP contribution >= 0.6 is 0 Å². The average Bonchev–Trinajstić information content (AvgIpc) is 2.72. The van der Waals surface area contributed by atoms with Crippen LogP contribution in [0.15, 0.2) is 52.3 Å². The van der Waals surface area contributed by atoms with Gasteiger partial charge in [0.15, 0.2) is 19.7 Å². The van der Waals surface area contributed by atoms with Crippen molar-refractivity contribution in [2.24, 2.45) is 5.92 Å². The third kappa shape index (κ3) is 6.25. The first-order valence-corrected chi connectivity index (χ1v) is 14.3. The molecule has 0 heterocycles. The molecule has 1 N–H and O–H groups in total. The molecule has 3 rings (SSSR count). The van der Waals surface area contributed by atoms with Gasteiger partial charge in [0.25, 0.3) is 5.91 Å².